The first-order valence-corrected chi connectivity index (χ1v) is 11.6. The number of carbonyl (C=O) groups is 2. The topological polar surface area (TPSA) is 106 Å². The van der Waals surface area contributed by atoms with Crippen molar-refractivity contribution in [3.8, 4) is 5.75 Å². The van der Waals surface area contributed by atoms with Gasteiger partial charge in [-0.3, -0.25) is 14.9 Å². The van der Waals surface area contributed by atoms with Crippen LogP contribution >= 0.6 is 11.8 Å². The highest BCUT2D eigenvalue weighted by atomic mass is 32.2. The summed E-state index contributed by atoms with van der Waals surface area (Å²) in [6.07, 6.45) is 1.22. The summed E-state index contributed by atoms with van der Waals surface area (Å²) in [4.78, 5) is 28.2. The van der Waals surface area contributed by atoms with Gasteiger partial charge in [0.15, 0.2) is 0 Å². The minimum atomic E-state index is -3.62. The van der Waals surface area contributed by atoms with Gasteiger partial charge < -0.3 is 4.74 Å². The number of nitrogens with one attached hydrogen (secondary N) is 1. The summed E-state index contributed by atoms with van der Waals surface area (Å²) in [5.41, 5.74) is 0.101. The molecule has 1 heterocycles. The number of amides is 2. The molecule has 0 saturated carbocycles. The second-order valence-electron chi connectivity index (χ2n) is 5.99. The minimum absolute atomic E-state index is 0.0550. The molecular formula is C19H21F2N3O5S2. The molecule has 0 aliphatic rings. The van der Waals surface area contributed by atoms with Crippen LogP contribution in [0.5, 0.6) is 5.75 Å². The van der Waals surface area contributed by atoms with Gasteiger partial charge in [0.05, 0.1) is 10.8 Å². The highest BCUT2D eigenvalue weighted by Crippen LogP contribution is 2.20. The van der Waals surface area contributed by atoms with Crippen molar-refractivity contribution in [3.63, 3.8) is 0 Å². The summed E-state index contributed by atoms with van der Waals surface area (Å²) in [7, 11) is -3.62. The molecule has 31 heavy (non-hydrogen) atoms. The molecule has 12 heteroatoms. The van der Waals surface area contributed by atoms with E-state index in [1.165, 1.54) is 46.9 Å². The van der Waals surface area contributed by atoms with Gasteiger partial charge in [-0.15, -0.1) is 0 Å². The fourth-order valence-corrected chi connectivity index (χ4v) is 4.53. The Morgan fingerprint density at radius 1 is 1.13 bits per heavy atom. The molecule has 2 aromatic rings. The first kappa shape index (κ1) is 24.7. The van der Waals surface area contributed by atoms with E-state index in [-0.39, 0.29) is 22.0 Å². The van der Waals surface area contributed by atoms with Gasteiger partial charge in [0, 0.05) is 24.8 Å². The number of nitrogens with zero attached hydrogens (tertiary/aromatic N) is 2. The van der Waals surface area contributed by atoms with Gasteiger partial charge in [0.25, 0.3) is 5.91 Å². The standard InChI is InChI=1S/C19H21F2N3O5S2/c1-3-24(4-2)31(27,28)15-9-10-17(22-11-15)30-12-16(25)23-18(26)13-5-7-14(8-6-13)29-19(20)21/h5-11,19H,3-4,12H2,1-2H3,(H,23,25,26). The lowest BCUT2D eigenvalue weighted by Gasteiger charge is -2.18. The van der Waals surface area contributed by atoms with Gasteiger partial charge >= 0.3 is 6.61 Å². The number of alkyl halides is 2. The Morgan fingerprint density at radius 3 is 2.29 bits per heavy atom. The van der Waals surface area contributed by atoms with E-state index in [1.807, 2.05) is 0 Å². The third-order valence-electron chi connectivity index (χ3n) is 4.00. The van der Waals surface area contributed by atoms with E-state index in [1.54, 1.807) is 13.8 Å². The molecule has 8 nitrogen and oxygen atoms in total. The van der Waals surface area contributed by atoms with E-state index >= 15 is 0 Å². The second-order valence-corrected chi connectivity index (χ2v) is 8.92. The highest BCUT2D eigenvalue weighted by Gasteiger charge is 2.22. The van der Waals surface area contributed by atoms with Crippen LogP contribution in [0, 0.1) is 0 Å². The number of hydrogen-bond donors (Lipinski definition) is 1. The SMILES string of the molecule is CCN(CC)S(=O)(=O)c1ccc(SCC(=O)NC(=O)c2ccc(OC(F)F)cc2)nc1. The first-order chi connectivity index (χ1) is 14.7. The van der Waals surface area contributed by atoms with E-state index in [4.69, 9.17) is 0 Å². The van der Waals surface area contributed by atoms with Crippen molar-refractivity contribution < 1.29 is 31.5 Å². The van der Waals surface area contributed by atoms with Crippen LogP contribution in [0.3, 0.4) is 0 Å². The number of carbonyl (C=O) groups excluding carboxylic acids is 2. The highest BCUT2D eigenvalue weighted by molar-refractivity contribution is 7.99. The molecule has 0 aliphatic heterocycles. The molecule has 0 saturated heterocycles. The Hall–Kier alpha value is -2.57. The van der Waals surface area contributed by atoms with Crippen molar-refractivity contribution in [2.75, 3.05) is 18.8 Å². The normalized spacial score (nSPS) is 11.5. The molecule has 2 rings (SSSR count). The smallest absolute Gasteiger partial charge is 0.387 e. The molecular weight excluding hydrogens is 452 g/mol. The average molecular weight is 474 g/mol. The molecule has 0 atom stereocenters. The van der Waals surface area contributed by atoms with E-state index in [0.29, 0.717) is 18.1 Å². The van der Waals surface area contributed by atoms with Crippen LogP contribution in [0.2, 0.25) is 0 Å². The van der Waals surface area contributed by atoms with Crippen LogP contribution < -0.4 is 10.1 Å². The quantitative estimate of drug-likeness (QED) is 0.529. The van der Waals surface area contributed by atoms with E-state index in [9.17, 15) is 26.8 Å². The zero-order chi connectivity index (χ0) is 23.0. The Kier molecular flexibility index (Phi) is 8.89. The van der Waals surface area contributed by atoms with Crippen molar-refractivity contribution in [2.24, 2.45) is 0 Å². The molecule has 1 aromatic carbocycles. The van der Waals surface area contributed by atoms with Gasteiger partial charge in [-0.25, -0.2) is 13.4 Å². The van der Waals surface area contributed by atoms with Crippen LogP contribution in [-0.2, 0) is 14.8 Å². The number of thioether (sulfide) groups is 1. The summed E-state index contributed by atoms with van der Waals surface area (Å²) in [5, 5.41) is 2.59. The Balaban J connectivity index is 1.90. The fourth-order valence-electron chi connectivity index (χ4n) is 2.48. The number of benzene rings is 1. The molecule has 0 fully saturated rings. The van der Waals surface area contributed by atoms with Crippen LogP contribution in [0.25, 0.3) is 0 Å². The number of hydrogen-bond acceptors (Lipinski definition) is 7. The summed E-state index contributed by atoms with van der Waals surface area (Å²) < 4.78 is 54.6. The molecule has 1 N–H and O–H groups in total. The lowest BCUT2D eigenvalue weighted by atomic mass is 10.2. The van der Waals surface area contributed by atoms with Crippen LogP contribution in [-0.4, -0.2) is 55.0 Å². The van der Waals surface area contributed by atoms with Crippen LogP contribution in [0.1, 0.15) is 24.2 Å². The predicted molar refractivity (Wildman–Crippen MR) is 111 cm³/mol. The van der Waals surface area contributed by atoms with Crippen molar-refractivity contribution in [3.05, 3.63) is 48.2 Å². The number of halogens is 2. The number of sulfonamides is 1. The molecule has 168 valence electrons. The maximum atomic E-state index is 12.4. The van der Waals surface area contributed by atoms with E-state index < -0.39 is 28.4 Å². The molecule has 1 aromatic heterocycles. The van der Waals surface area contributed by atoms with Crippen molar-refractivity contribution in [1.82, 2.24) is 14.6 Å². The monoisotopic (exact) mass is 473 g/mol. The fraction of sp³-hybridized carbons (Fsp3) is 0.316. The number of imide groups is 1. The van der Waals surface area contributed by atoms with E-state index in [2.05, 4.69) is 15.0 Å². The van der Waals surface area contributed by atoms with Gasteiger partial charge in [-0.1, -0.05) is 25.6 Å². The maximum absolute atomic E-state index is 12.4. The zero-order valence-electron chi connectivity index (χ0n) is 16.7. The van der Waals surface area contributed by atoms with Crippen LogP contribution in [0.15, 0.2) is 52.5 Å². The minimum Gasteiger partial charge on any atom is -0.435 e. The van der Waals surface area contributed by atoms with Gasteiger partial charge in [0.2, 0.25) is 15.9 Å². The third-order valence-corrected chi connectivity index (χ3v) is 6.98. The summed E-state index contributed by atoms with van der Waals surface area (Å²) >= 11 is 1.03. The largest absolute Gasteiger partial charge is 0.435 e. The summed E-state index contributed by atoms with van der Waals surface area (Å²) in [6, 6.07) is 7.79. The lowest BCUT2D eigenvalue weighted by molar-refractivity contribution is -0.117. The Bertz CT molecular complexity index is 996. The molecule has 0 aliphatic carbocycles. The van der Waals surface area contributed by atoms with E-state index in [0.717, 1.165) is 11.8 Å². The molecule has 2 amide bonds. The number of ether oxygens (including phenoxy) is 1. The maximum Gasteiger partial charge on any atom is 0.387 e. The third kappa shape index (κ3) is 6.97. The molecule has 0 unspecified atom stereocenters. The zero-order valence-corrected chi connectivity index (χ0v) is 18.4. The van der Waals surface area contributed by atoms with Gasteiger partial charge in [-0.05, 0) is 36.4 Å². The molecule has 0 spiro atoms. The van der Waals surface area contributed by atoms with Crippen molar-refractivity contribution in [2.45, 2.75) is 30.4 Å². The summed E-state index contributed by atoms with van der Waals surface area (Å²) in [5.74, 6) is -1.52. The predicted octanol–water partition coefficient (Wildman–Crippen LogP) is 2.76. The van der Waals surface area contributed by atoms with Gasteiger partial charge in [0.1, 0.15) is 10.6 Å². The van der Waals surface area contributed by atoms with Gasteiger partial charge in [-0.2, -0.15) is 13.1 Å². The number of aromatic nitrogens is 1. The number of pyridine rings is 1. The Labute approximate surface area is 183 Å². The first-order valence-electron chi connectivity index (χ1n) is 9.15. The average Bonchev–Trinajstić information content (AvgIpc) is 2.73. The summed E-state index contributed by atoms with van der Waals surface area (Å²) in [6.45, 7) is 1.18. The van der Waals surface area contributed by atoms with Crippen molar-refractivity contribution in [1.29, 1.82) is 0 Å². The molecule has 0 radical (unpaired) electrons. The molecule has 0 bridgehead atoms. The van der Waals surface area contributed by atoms with Crippen molar-refractivity contribution >= 4 is 33.6 Å². The Morgan fingerprint density at radius 2 is 1.77 bits per heavy atom. The number of rotatable bonds is 10. The van der Waals surface area contributed by atoms with Crippen LogP contribution in [0.4, 0.5) is 8.78 Å². The second kappa shape index (κ2) is 11.2. The lowest BCUT2D eigenvalue weighted by Crippen LogP contribution is -2.31.